The van der Waals surface area contributed by atoms with E-state index in [1.54, 1.807) is 0 Å². The van der Waals surface area contributed by atoms with Crippen LogP contribution in [-0.4, -0.2) is 49.3 Å². The maximum Gasteiger partial charge on any atom is 0.416 e. The lowest BCUT2D eigenvalue weighted by Gasteiger charge is -2.41. The van der Waals surface area contributed by atoms with Gasteiger partial charge in [-0.15, -0.1) is 0 Å². The maximum atomic E-state index is 13.3. The first-order valence-electron chi connectivity index (χ1n) is 9.72. The van der Waals surface area contributed by atoms with Gasteiger partial charge in [-0.1, -0.05) is 36.4 Å². The molecule has 1 aliphatic carbocycles. The topological polar surface area (TPSA) is 40.6 Å². The Bertz CT molecular complexity index is 959. The average molecular weight is 424 g/mol. The molecule has 0 amide bonds. The van der Waals surface area contributed by atoms with Gasteiger partial charge in [0.1, 0.15) is 0 Å². The van der Waals surface area contributed by atoms with Gasteiger partial charge in [0, 0.05) is 31.7 Å². The standard InChI is InChI=1S/C21H23F3N2O2S/c22-21(23,24)17-7-4-8-20(14-17)29(27,28)26-12-11-25(18-9-10-18)15-19(26)13-16-5-2-1-3-6-16/h1-8,14,18-19H,9-13,15H2. The van der Waals surface area contributed by atoms with Gasteiger partial charge in [0.15, 0.2) is 0 Å². The van der Waals surface area contributed by atoms with Crippen molar-refractivity contribution in [3.05, 3.63) is 65.7 Å². The molecule has 8 heteroatoms. The summed E-state index contributed by atoms with van der Waals surface area (Å²) in [7, 11) is -4.04. The van der Waals surface area contributed by atoms with Crippen molar-refractivity contribution in [2.24, 2.45) is 0 Å². The summed E-state index contributed by atoms with van der Waals surface area (Å²) in [6.07, 6.45) is -1.81. The Labute approximate surface area is 169 Å². The van der Waals surface area contributed by atoms with Crippen LogP contribution >= 0.6 is 0 Å². The molecule has 0 radical (unpaired) electrons. The SMILES string of the molecule is O=S(=O)(c1cccc(C(F)(F)F)c1)N1CCN(C2CC2)CC1Cc1ccccc1. The van der Waals surface area contributed by atoms with E-state index < -0.39 is 21.8 Å². The van der Waals surface area contributed by atoms with Gasteiger partial charge in [-0.05, 0) is 43.0 Å². The first-order chi connectivity index (χ1) is 13.7. The fraction of sp³-hybridized carbons (Fsp3) is 0.429. The second kappa shape index (κ2) is 7.74. The van der Waals surface area contributed by atoms with Crippen molar-refractivity contribution in [1.29, 1.82) is 0 Å². The first-order valence-corrected chi connectivity index (χ1v) is 11.2. The van der Waals surface area contributed by atoms with Crippen LogP contribution < -0.4 is 0 Å². The normalized spacial score (nSPS) is 22.0. The summed E-state index contributed by atoms with van der Waals surface area (Å²) in [5.41, 5.74) is 0.0641. The molecule has 2 aliphatic rings. The lowest BCUT2D eigenvalue weighted by molar-refractivity contribution is -0.137. The highest BCUT2D eigenvalue weighted by molar-refractivity contribution is 7.89. The molecule has 0 bridgehead atoms. The molecule has 2 aromatic rings. The molecule has 4 nitrogen and oxygen atoms in total. The summed E-state index contributed by atoms with van der Waals surface area (Å²) < 4.78 is 67.3. The van der Waals surface area contributed by atoms with Crippen molar-refractivity contribution in [3.8, 4) is 0 Å². The third kappa shape index (κ3) is 4.49. The molecule has 1 atom stereocenters. The number of rotatable bonds is 5. The van der Waals surface area contributed by atoms with E-state index in [2.05, 4.69) is 4.90 Å². The minimum absolute atomic E-state index is 0.284. The smallest absolute Gasteiger partial charge is 0.297 e. The minimum atomic E-state index is -4.58. The van der Waals surface area contributed by atoms with Gasteiger partial charge >= 0.3 is 6.18 Å². The summed E-state index contributed by atoms with van der Waals surface area (Å²) in [6.45, 7) is 1.48. The number of benzene rings is 2. The summed E-state index contributed by atoms with van der Waals surface area (Å²) in [4.78, 5) is 2.01. The van der Waals surface area contributed by atoms with Gasteiger partial charge in [0.2, 0.25) is 10.0 Å². The zero-order valence-electron chi connectivity index (χ0n) is 15.8. The van der Waals surface area contributed by atoms with E-state index >= 15 is 0 Å². The maximum absolute atomic E-state index is 13.3. The molecule has 2 fully saturated rings. The lowest BCUT2D eigenvalue weighted by Crippen LogP contribution is -2.56. The van der Waals surface area contributed by atoms with E-state index in [1.807, 2.05) is 30.3 Å². The Morgan fingerprint density at radius 1 is 0.966 bits per heavy atom. The summed E-state index contributed by atoms with van der Waals surface area (Å²) in [5.74, 6) is 0. The first kappa shape index (κ1) is 20.4. The highest BCUT2D eigenvalue weighted by Crippen LogP contribution is 2.34. The molecule has 1 aliphatic heterocycles. The lowest BCUT2D eigenvalue weighted by atomic mass is 10.0. The fourth-order valence-corrected chi connectivity index (χ4v) is 5.62. The number of hydrogen-bond donors (Lipinski definition) is 0. The number of halogens is 3. The van der Waals surface area contributed by atoms with Crippen molar-refractivity contribution in [2.75, 3.05) is 19.6 Å². The molecule has 1 saturated heterocycles. The average Bonchev–Trinajstić information content (AvgIpc) is 3.53. The van der Waals surface area contributed by atoms with Crippen LogP contribution in [-0.2, 0) is 22.6 Å². The molecule has 2 aromatic carbocycles. The molecule has 0 spiro atoms. The highest BCUT2D eigenvalue weighted by Gasteiger charge is 2.41. The van der Waals surface area contributed by atoms with Crippen LogP contribution in [0.5, 0.6) is 0 Å². The molecule has 1 saturated carbocycles. The van der Waals surface area contributed by atoms with E-state index in [9.17, 15) is 21.6 Å². The number of piperazine rings is 1. The van der Waals surface area contributed by atoms with Gasteiger partial charge in [0.25, 0.3) is 0 Å². The Morgan fingerprint density at radius 3 is 2.34 bits per heavy atom. The summed E-state index contributed by atoms with van der Waals surface area (Å²) >= 11 is 0. The van der Waals surface area contributed by atoms with Crippen molar-refractivity contribution in [3.63, 3.8) is 0 Å². The quantitative estimate of drug-likeness (QED) is 0.734. The van der Waals surface area contributed by atoms with Gasteiger partial charge < -0.3 is 0 Å². The van der Waals surface area contributed by atoms with E-state index in [1.165, 1.54) is 10.4 Å². The summed E-state index contributed by atoms with van der Waals surface area (Å²) in [5, 5.41) is 0. The van der Waals surface area contributed by atoms with Crippen LogP contribution in [0.2, 0.25) is 0 Å². The molecular formula is C21H23F3N2O2S. The molecule has 1 unspecified atom stereocenters. The molecule has 29 heavy (non-hydrogen) atoms. The predicted molar refractivity (Wildman–Crippen MR) is 104 cm³/mol. The van der Waals surface area contributed by atoms with Crippen molar-refractivity contribution < 1.29 is 21.6 Å². The van der Waals surface area contributed by atoms with Gasteiger partial charge in [-0.2, -0.15) is 17.5 Å². The highest BCUT2D eigenvalue weighted by atomic mass is 32.2. The molecule has 156 valence electrons. The molecular weight excluding hydrogens is 401 g/mol. The minimum Gasteiger partial charge on any atom is -0.297 e. The number of nitrogens with zero attached hydrogens (tertiary/aromatic N) is 2. The summed E-state index contributed by atoms with van der Waals surface area (Å²) in [6, 6.07) is 13.8. The van der Waals surface area contributed by atoms with Crippen LogP contribution in [0, 0.1) is 0 Å². The largest absolute Gasteiger partial charge is 0.416 e. The second-order valence-electron chi connectivity index (χ2n) is 7.71. The van der Waals surface area contributed by atoms with Crippen LogP contribution in [0.3, 0.4) is 0 Å². The predicted octanol–water partition coefficient (Wildman–Crippen LogP) is 3.79. The Balaban J connectivity index is 1.64. The third-order valence-corrected chi connectivity index (χ3v) is 7.55. The van der Waals surface area contributed by atoms with E-state index in [4.69, 9.17) is 0 Å². The molecule has 0 aromatic heterocycles. The Kier molecular flexibility index (Phi) is 5.44. The van der Waals surface area contributed by atoms with Gasteiger partial charge in [-0.25, -0.2) is 8.42 Å². The van der Waals surface area contributed by atoms with Crippen LogP contribution in [0.1, 0.15) is 24.0 Å². The van der Waals surface area contributed by atoms with E-state index in [-0.39, 0.29) is 17.5 Å². The molecule has 4 rings (SSSR count). The molecule has 0 N–H and O–H groups in total. The number of alkyl halides is 3. The van der Waals surface area contributed by atoms with Crippen molar-refractivity contribution in [2.45, 2.75) is 42.4 Å². The zero-order chi connectivity index (χ0) is 20.6. The Morgan fingerprint density at radius 2 is 1.69 bits per heavy atom. The zero-order valence-corrected chi connectivity index (χ0v) is 16.7. The number of hydrogen-bond acceptors (Lipinski definition) is 3. The fourth-order valence-electron chi connectivity index (χ4n) is 3.97. The second-order valence-corrected chi connectivity index (χ2v) is 9.60. The van der Waals surface area contributed by atoms with E-state index in [0.29, 0.717) is 25.6 Å². The Hall–Kier alpha value is -1.90. The van der Waals surface area contributed by atoms with Crippen LogP contribution in [0.25, 0.3) is 0 Å². The van der Waals surface area contributed by atoms with E-state index in [0.717, 1.165) is 36.6 Å². The third-order valence-electron chi connectivity index (χ3n) is 5.61. The number of sulfonamides is 1. The van der Waals surface area contributed by atoms with Crippen LogP contribution in [0.15, 0.2) is 59.5 Å². The molecule has 1 heterocycles. The monoisotopic (exact) mass is 424 g/mol. The van der Waals surface area contributed by atoms with Gasteiger partial charge in [0.05, 0.1) is 10.5 Å². The van der Waals surface area contributed by atoms with Crippen molar-refractivity contribution in [1.82, 2.24) is 9.21 Å². The van der Waals surface area contributed by atoms with Crippen molar-refractivity contribution >= 4 is 10.0 Å². The van der Waals surface area contributed by atoms with Crippen LogP contribution in [0.4, 0.5) is 13.2 Å². The van der Waals surface area contributed by atoms with Gasteiger partial charge in [-0.3, -0.25) is 4.90 Å².